The van der Waals surface area contributed by atoms with E-state index in [0.717, 1.165) is 11.3 Å². The van der Waals surface area contributed by atoms with Gasteiger partial charge in [-0.3, -0.25) is 14.5 Å². The smallest absolute Gasteiger partial charge is 0.325 e. The molecule has 1 aromatic rings. The van der Waals surface area contributed by atoms with E-state index >= 15 is 0 Å². The molecule has 32 heavy (non-hydrogen) atoms. The van der Waals surface area contributed by atoms with Crippen LogP contribution in [-0.4, -0.2) is 56.2 Å². The topological polar surface area (TPSA) is 106 Å². The number of methoxy groups -OCH3 is 3. The number of hydrogen-bond acceptors (Lipinski definition) is 6. The van der Waals surface area contributed by atoms with Gasteiger partial charge in [-0.2, -0.15) is 0 Å². The maximum Gasteiger partial charge on any atom is 0.325 e. The van der Waals surface area contributed by atoms with E-state index in [2.05, 4.69) is 31.4 Å². The molecule has 9 nitrogen and oxygen atoms in total. The molecule has 0 unspecified atom stereocenters. The van der Waals surface area contributed by atoms with Crippen molar-refractivity contribution >= 4 is 17.8 Å². The number of benzene rings is 1. The molecule has 0 bridgehead atoms. The first-order valence-electron chi connectivity index (χ1n) is 10.7. The van der Waals surface area contributed by atoms with Crippen molar-refractivity contribution in [2.75, 3.05) is 27.9 Å². The van der Waals surface area contributed by atoms with E-state index in [1.165, 1.54) is 21.3 Å². The van der Waals surface area contributed by atoms with Crippen LogP contribution in [0.1, 0.15) is 45.6 Å². The van der Waals surface area contributed by atoms with Gasteiger partial charge in [0.05, 0.1) is 21.3 Å². The fourth-order valence-electron chi connectivity index (χ4n) is 5.27. The number of hydrogen-bond donors (Lipinski definition) is 2. The van der Waals surface area contributed by atoms with Gasteiger partial charge in [-0.25, -0.2) is 4.79 Å². The summed E-state index contributed by atoms with van der Waals surface area (Å²) in [6.07, 6.45) is 2.14. The first-order chi connectivity index (χ1) is 15.0. The number of ether oxygens (including phenoxy) is 3. The number of amides is 4. The van der Waals surface area contributed by atoms with E-state index in [9.17, 15) is 14.4 Å². The quantitative estimate of drug-likeness (QED) is 0.622. The molecule has 3 rings (SSSR count). The van der Waals surface area contributed by atoms with Gasteiger partial charge in [-0.1, -0.05) is 20.8 Å². The molecule has 0 radical (unpaired) electrons. The maximum absolute atomic E-state index is 13.2. The molecule has 1 saturated heterocycles. The van der Waals surface area contributed by atoms with Crippen LogP contribution in [0.25, 0.3) is 0 Å². The minimum Gasteiger partial charge on any atom is -0.496 e. The van der Waals surface area contributed by atoms with Crippen LogP contribution in [0.2, 0.25) is 0 Å². The second kappa shape index (κ2) is 8.88. The molecular weight excluding hydrogens is 414 g/mol. The minimum absolute atomic E-state index is 0.0666. The molecule has 1 aliphatic heterocycles. The predicted octanol–water partition coefficient (Wildman–Crippen LogP) is 2.47. The average Bonchev–Trinajstić information content (AvgIpc) is 2.93. The zero-order valence-corrected chi connectivity index (χ0v) is 19.7. The zero-order valence-electron chi connectivity index (χ0n) is 19.7. The molecule has 0 aromatic heterocycles. The van der Waals surface area contributed by atoms with E-state index in [1.54, 1.807) is 12.1 Å². The first kappa shape index (κ1) is 23.7. The molecule has 1 saturated carbocycles. The zero-order chi connectivity index (χ0) is 23.7. The molecule has 2 fully saturated rings. The second-order valence-corrected chi connectivity index (χ2v) is 9.55. The fraction of sp³-hybridized carbons (Fsp3) is 0.609. The average molecular weight is 448 g/mol. The number of urea groups is 1. The molecule has 1 spiro atoms. The Hall–Kier alpha value is -2.97. The van der Waals surface area contributed by atoms with Crippen molar-refractivity contribution in [2.24, 2.45) is 11.3 Å². The van der Waals surface area contributed by atoms with Crippen LogP contribution < -0.4 is 24.8 Å². The summed E-state index contributed by atoms with van der Waals surface area (Å²) in [5.41, 5.74) is -0.316. The van der Waals surface area contributed by atoms with Crippen molar-refractivity contribution in [1.29, 1.82) is 0 Å². The SMILES string of the molecule is COc1cc(OC)c(OC)cc1CNC(=O)CN1C(=O)N[C@@]2(C[C@H](C)CC(C)(C)C2)C1=O. The molecule has 4 amide bonds. The Morgan fingerprint density at radius 1 is 1.09 bits per heavy atom. The lowest BCUT2D eigenvalue weighted by Gasteiger charge is -2.43. The van der Waals surface area contributed by atoms with Gasteiger partial charge in [0.15, 0.2) is 11.5 Å². The minimum atomic E-state index is -0.925. The Morgan fingerprint density at radius 3 is 2.31 bits per heavy atom. The second-order valence-electron chi connectivity index (χ2n) is 9.55. The summed E-state index contributed by atoms with van der Waals surface area (Å²) in [6.45, 7) is 6.11. The molecule has 1 heterocycles. The number of nitrogens with zero attached hydrogens (tertiary/aromatic N) is 1. The van der Waals surface area contributed by atoms with Crippen LogP contribution in [-0.2, 0) is 16.1 Å². The molecule has 1 aromatic carbocycles. The highest BCUT2D eigenvalue weighted by atomic mass is 16.5. The van der Waals surface area contributed by atoms with Crippen molar-refractivity contribution in [3.8, 4) is 17.2 Å². The number of imide groups is 1. The highest BCUT2D eigenvalue weighted by Crippen LogP contribution is 2.46. The Labute approximate surface area is 188 Å². The lowest BCUT2D eigenvalue weighted by molar-refractivity contribution is -0.137. The summed E-state index contributed by atoms with van der Waals surface area (Å²) in [5, 5.41) is 5.64. The normalized spacial score (nSPS) is 24.3. The summed E-state index contributed by atoms with van der Waals surface area (Å²) in [7, 11) is 4.57. The summed E-state index contributed by atoms with van der Waals surface area (Å²) in [6, 6.07) is 2.87. The Balaban J connectivity index is 1.68. The first-order valence-corrected chi connectivity index (χ1v) is 10.7. The monoisotopic (exact) mass is 447 g/mol. The van der Waals surface area contributed by atoms with E-state index in [-0.39, 0.29) is 24.4 Å². The third-order valence-electron chi connectivity index (χ3n) is 6.19. The molecule has 1 aliphatic carbocycles. The largest absolute Gasteiger partial charge is 0.496 e. The van der Waals surface area contributed by atoms with E-state index < -0.39 is 17.5 Å². The molecule has 2 N–H and O–H groups in total. The number of rotatable bonds is 7. The third-order valence-corrected chi connectivity index (χ3v) is 6.19. The Kier molecular flexibility index (Phi) is 6.57. The van der Waals surface area contributed by atoms with E-state index in [0.29, 0.717) is 41.6 Å². The number of carbonyl (C=O) groups excluding carboxylic acids is 3. The molecule has 2 aliphatic rings. The van der Waals surface area contributed by atoms with E-state index in [4.69, 9.17) is 14.2 Å². The van der Waals surface area contributed by atoms with Crippen LogP contribution in [0.4, 0.5) is 4.79 Å². The Bertz CT molecular complexity index is 915. The summed E-state index contributed by atoms with van der Waals surface area (Å²) < 4.78 is 16.0. The highest BCUT2D eigenvalue weighted by Gasteiger charge is 2.56. The van der Waals surface area contributed by atoms with Crippen LogP contribution >= 0.6 is 0 Å². The van der Waals surface area contributed by atoms with Crippen molar-refractivity contribution in [2.45, 2.75) is 52.1 Å². The third kappa shape index (κ3) is 4.61. The summed E-state index contributed by atoms with van der Waals surface area (Å²) in [4.78, 5) is 39.5. The number of nitrogens with one attached hydrogen (secondary N) is 2. The van der Waals surface area contributed by atoms with Crippen molar-refractivity contribution in [3.63, 3.8) is 0 Å². The molecule has 9 heteroatoms. The van der Waals surface area contributed by atoms with Crippen molar-refractivity contribution in [1.82, 2.24) is 15.5 Å². The van der Waals surface area contributed by atoms with Crippen LogP contribution in [0.15, 0.2) is 12.1 Å². The summed E-state index contributed by atoms with van der Waals surface area (Å²) in [5.74, 6) is 1.08. The van der Waals surface area contributed by atoms with Gasteiger partial charge in [0.1, 0.15) is 17.8 Å². The van der Waals surface area contributed by atoms with Gasteiger partial charge in [-0.05, 0) is 36.7 Å². The van der Waals surface area contributed by atoms with Gasteiger partial charge in [0.2, 0.25) is 5.91 Å². The van der Waals surface area contributed by atoms with Crippen molar-refractivity contribution < 1.29 is 28.6 Å². The molecular formula is C23H33N3O6. The lowest BCUT2D eigenvalue weighted by Crippen LogP contribution is -2.54. The van der Waals surface area contributed by atoms with Gasteiger partial charge in [0.25, 0.3) is 5.91 Å². The van der Waals surface area contributed by atoms with Gasteiger partial charge in [0, 0.05) is 18.2 Å². The van der Waals surface area contributed by atoms with Crippen LogP contribution in [0.3, 0.4) is 0 Å². The van der Waals surface area contributed by atoms with Gasteiger partial charge in [-0.15, -0.1) is 0 Å². The lowest BCUT2D eigenvalue weighted by atomic mass is 9.64. The predicted molar refractivity (Wildman–Crippen MR) is 118 cm³/mol. The van der Waals surface area contributed by atoms with E-state index in [1.807, 2.05) is 0 Å². The van der Waals surface area contributed by atoms with Gasteiger partial charge >= 0.3 is 6.03 Å². The van der Waals surface area contributed by atoms with Crippen LogP contribution in [0, 0.1) is 11.3 Å². The van der Waals surface area contributed by atoms with Crippen molar-refractivity contribution in [3.05, 3.63) is 17.7 Å². The highest BCUT2D eigenvalue weighted by molar-refractivity contribution is 6.09. The summed E-state index contributed by atoms with van der Waals surface area (Å²) >= 11 is 0. The fourth-order valence-corrected chi connectivity index (χ4v) is 5.27. The standard InChI is InChI=1S/C23H33N3O6/c1-14-9-22(2,3)13-23(10-14)20(28)26(21(29)25-23)12-19(27)24-11-15-7-17(31-5)18(32-6)8-16(15)30-4/h7-8,14H,9-13H2,1-6H3,(H,24,27)(H,25,29)/t14-,23-/m1/s1. The molecule has 176 valence electrons. The molecule has 2 atom stereocenters. The number of carbonyl (C=O) groups is 3. The van der Waals surface area contributed by atoms with Gasteiger partial charge < -0.3 is 24.8 Å². The van der Waals surface area contributed by atoms with Crippen LogP contribution in [0.5, 0.6) is 17.2 Å². The Morgan fingerprint density at radius 2 is 1.72 bits per heavy atom. The maximum atomic E-state index is 13.2.